The number of aryl methyl sites for hydroxylation is 1. The Morgan fingerprint density at radius 1 is 1.00 bits per heavy atom. The van der Waals surface area contributed by atoms with Crippen molar-refractivity contribution in [2.24, 2.45) is 0 Å². The molecule has 2 aromatic rings. The number of nitrogens with zero attached hydrogens (tertiary/aromatic N) is 4. The fraction of sp³-hybridized carbons (Fsp3) is 0.444. The zero-order valence-electron chi connectivity index (χ0n) is 15.3. The molecule has 1 heterocycles. The minimum atomic E-state index is 0.668. The first-order valence-corrected chi connectivity index (χ1v) is 8.23. The van der Waals surface area contributed by atoms with Gasteiger partial charge in [0.25, 0.3) is 0 Å². The second kappa shape index (κ2) is 8.49. The van der Waals surface area contributed by atoms with E-state index in [1.54, 1.807) is 0 Å². The maximum Gasteiger partial charge on any atom is 0.224 e. The van der Waals surface area contributed by atoms with Crippen LogP contribution in [0.2, 0.25) is 0 Å². The first kappa shape index (κ1) is 18.0. The van der Waals surface area contributed by atoms with Gasteiger partial charge in [-0.15, -0.1) is 0 Å². The Morgan fingerprint density at radius 2 is 1.71 bits per heavy atom. The van der Waals surface area contributed by atoms with E-state index in [9.17, 15) is 0 Å². The van der Waals surface area contributed by atoms with Gasteiger partial charge in [0.1, 0.15) is 5.82 Å². The molecule has 24 heavy (non-hydrogen) atoms. The third kappa shape index (κ3) is 5.70. The molecule has 2 N–H and O–H groups in total. The first-order valence-electron chi connectivity index (χ1n) is 8.23. The molecule has 6 nitrogen and oxygen atoms in total. The molecule has 1 aromatic heterocycles. The van der Waals surface area contributed by atoms with E-state index < -0.39 is 0 Å². The predicted molar refractivity (Wildman–Crippen MR) is 102 cm³/mol. The third-order valence-corrected chi connectivity index (χ3v) is 3.58. The summed E-state index contributed by atoms with van der Waals surface area (Å²) in [5.74, 6) is 1.47. The molecule has 0 saturated heterocycles. The van der Waals surface area contributed by atoms with Crippen molar-refractivity contribution in [2.75, 3.05) is 56.8 Å². The summed E-state index contributed by atoms with van der Waals surface area (Å²) >= 11 is 0. The van der Waals surface area contributed by atoms with Crippen molar-refractivity contribution < 1.29 is 0 Å². The van der Waals surface area contributed by atoms with Crippen LogP contribution in [0.4, 0.5) is 23.1 Å². The molecule has 130 valence electrons. The lowest BCUT2D eigenvalue weighted by molar-refractivity contribution is 0.405. The van der Waals surface area contributed by atoms with Crippen molar-refractivity contribution in [3.8, 4) is 0 Å². The number of benzene rings is 1. The van der Waals surface area contributed by atoms with Gasteiger partial charge in [-0.1, -0.05) is 0 Å². The predicted octanol–water partition coefficient (Wildman–Crippen LogP) is 2.96. The molecule has 0 fully saturated rings. The van der Waals surface area contributed by atoms with Gasteiger partial charge in [-0.05, 0) is 58.3 Å². The minimum absolute atomic E-state index is 0.668. The molecule has 0 spiro atoms. The van der Waals surface area contributed by atoms with Gasteiger partial charge in [0.2, 0.25) is 5.95 Å². The second-order valence-corrected chi connectivity index (χ2v) is 6.37. The van der Waals surface area contributed by atoms with Crippen molar-refractivity contribution in [3.05, 3.63) is 36.0 Å². The SMILES string of the molecule is Cc1cc(Nc2ccc(N(C)C)cc2)nc(NCCCN(C)C)n1. The fourth-order valence-electron chi connectivity index (χ4n) is 2.30. The van der Waals surface area contributed by atoms with Gasteiger partial charge in [-0.3, -0.25) is 0 Å². The second-order valence-electron chi connectivity index (χ2n) is 6.37. The maximum atomic E-state index is 4.55. The monoisotopic (exact) mass is 328 g/mol. The van der Waals surface area contributed by atoms with Gasteiger partial charge < -0.3 is 20.4 Å². The molecule has 0 aliphatic rings. The molecule has 0 atom stereocenters. The highest BCUT2D eigenvalue weighted by atomic mass is 15.1. The molecule has 0 unspecified atom stereocenters. The minimum Gasteiger partial charge on any atom is -0.378 e. The van der Waals surface area contributed by atoms with Crippen LogP contribution in [0.1, 0.15) is 12.1 Å². The Balaban J connectivity index is 1.99. The Labute approximate surface area is 144 Å². The standard InChI is InChI=1S/C18H28N6/c1-14-13-17(21-15-7-9-16(10-8-15)24(4)5)22-18(20-14)19-11-6-12-23(2)3/h7-10,13H,6,11-12H2,1-5H3,(H2,19,20,21,22). The number of rotatable bonds is 8. The Morgan fingerprint density at radius 3 is 2.33 bits per heavy atom. The van der Waals surface area contributed by atoms with Crippen molar-refractivity contribution >= 4 is 23.1 Å². The van der Waals surface area contributed by atoms with Crippen LogP contribution in [0.25, 0.3) is 0 Å². The normalized spacial score (nSPS) is 10.8. The fourth-order valence-corrected chi connectivity index (χ4v) is 2.30. The molecule has 0 bridgehead atoms. The van der Waals surface area contributed by atoms with Crippen molar-refractivity contribution in [1.82, 2.24) is 14.9 Å². The molecular weight excluding hydrogens is 300 g/mol. The number of nitrogens with one attached hydrogen (secondary N) is 2. The van der Waals surface area contributed by atoms with Crippen molar-refractivity contribution in [2.45, 2.75) is 13.3 Å². The lowest BCUT2D eigenvalue weighted by Gasteiger charge is -2.14. The summed E-state index contributed by atoms with van der Waals surface area (Å²) in [6.07, 6.45) is 1.05. The zero-order chi connectivity index (χ0) is 17.5. The van der Waals surface area contributed by atoms with Crippen LogP contribution in [0.3, 0.4) is 0 Å². The Hall–Kier alpha value is -2.34. The van der Waals surface area contributed by atoms with E-state index >= 15 is 0 Å². The maximum absolute atomic E-state index is 4.55. The van der Waals surface area contributed by atoms with Crippen LogP contribution in [0.15, 0.2) is 30.3 Å². The average Bonchev–Trinajstić information content (AvgIpc) is 2.51. The topological polar surface area (TPSA) is 56.3 Å². The summed E-state index contributed by atoms with van der Waals surface area (Å²) in [6.45, 7) is 3.88. The van der Waals surface area contributed by atoms with E-state index in [4.69, 9.17) is 0 Å². The molecule has 0 aliphatic heterocycles. The molecule has 0 saturated carbocycles. The highest BCUT2D eigenvalue weighted by Gasteiger charge is 2.03. The smallest absolute Gasteiger partial charge is 0.224 e. The van der Waals surface area contributed by atoms with E-state index in [0.717, 1.165) is 36.7 Å². The molecule has 1 aromatic carbocycles. The molecular formula is C18H28N6. The van der Waals surface area contributed by atoms with Crippen LogP contribution in [-0.2, 0) is 0 Å². The summed E-state index contributed by atoms with van der Waals surface area (Å²) < 4.78 is 0. The van der Waals surface area contributed by atoms with Crippen LogP contribution in [0.5, 0.6) is 0 Å². The van der Waals surface area contributed by atoms with Gasteiger partial charge in [-0.25, -0.2) is 4.98 Å². The Kier molecular flexibility index (Phi) is 6.37. The molecule has 0 aliphatic carbocycles. The van der Waals surface area contributed by atoms with Gasteiger partial charge >= 0.3 is 0 Å². The Bertz CT molecular complexity index is 636. The largest absolute Gasteiger partial charge is 0.378 e. The van der Waals surface area contributed by atoms with Crippen LogP contribution in [0, 0.1) is 6.92 Å². The first-order chi connectivity index (χ1) is 11.4. The number of hydrogen-bond acceptors (Lipinski definition) is 6. The van der Waals surface area contributed by atoms with Crippen LogP contribution < -0.4 is 15.5 Å². The number of hydrogen-bond donors (Lipinski definition) is 2. The molecule has 2 rings (SSSR count). The quantitative estimate of drug-likeness (QED) is 0.727. The van der Waals surface area contributed by atoms with Gasteiger partial charge in [0.15, 0.2) is 0 Å². The zero-order valence-corrected chi connectivity index (χ0v) is 15.3. The summed E-state index contributed by atoms with van der Waals surface area (Å²) in [4.78, 5) is 13.2. The highest BCUT2D eigenvalue weighted by Crippen LogP contribution is 2.20. The van der Waals surface area contributed by atoms with E-state index in [0.29, 0.717) is 5.95 Å². The molecule has 0 amide bonds. The van der Waals surface area contributed by atoms with E-state index in [2.05, 4.69) is 68.8 Å². The van der Waals surface area contributed by atoms with Crippen molar-refractivity contribution in [3.63, 3.8) is 0 Å². The summed E-state index contributed by atoms with van der Waals surface area (Å²) in [7, 11) is 8.22. The molecule has 0 radical (unpaired) electrons. The number of aromatic nitrogens is 2. The van der Waals surface area contributed by atoms with Crippen LogP contribution in [-0.4, -0.2) is 56.1 Å². The van der Waals surface area contributed by atoms with Gasteiger partial charge in [0.05, 0.1) is 0 Å². The lowest BCUT2D eigenvalue weighted by Crippen LogP contribution is -2.17. The summed E-state index contributed by atoms with van der Waals surface area (Å²) in [5.41, 5.74) is 3.12. The average molecular weight is 328 g/mol. The van der Waals surface area contributed by atoms with Gasteiger partial charge in [0, 0.05) is 43.8 Å². The lowest BCUT2D eigenvalue weighted by atomic mass is 10.2. The summed E-state index contributed by atoms with van der Waals surface area (Å²) in [5, 5.41) is 6.64. The summed E-state index contributed by atoms with van der Waals surface area (Å²) in [6, 6.07) is 10.2. The highest BCUT2D eigenvalue weighted by molar-refractivity contribution is 5.61. The van der Waals surface area contributed by atoms with Crippen LogP contribution >= 0.6 is 0 Å². The van der Waals surface area contributed by atoms with E-state index in [1.807, 2.05) is 27.1 Å². The molecule has 6 heteroatoms. The van der Waals surface area contributed by atoms with E-state index in [-0.39, 0.29) is 0 Å². The number of anilines is 4. The third-order valence-electron chi connectivity index (χ3n) is 3.58. The van der Waals surface area contributed by atoms with Crippen molar-refractivity contribution in [1.29, 1.82) is 0 Å². The van der Waals surface area contributed by atoms with Gasteiger partial charge in [-0.2, -0.15) is 4.98 Å². The van der Waals surface area contributed by atoms with E-state index in [1.165, 1.54) is 5.69 Å².